The molecule has 0 bridgehead atoms. The van der Waals surface area contributed by atoms with E-state index in [1.54, 1.807) is 6.20 Å². The molecule has 0 spiro atoms. The maximum absolute atomic E-state index is 6.22. The first-order valence-corrected chi connectivity index (χ1v) is 6.81. The monoisotopic (exact) mass is 277 g/mol. The van der Waals surface area contributed by atoms with Crippen LogP contribution in [0.15, 0.2) is 24.4 Å². The molecule has 1 aromatic heterocycles. The minimum atomic E-state index is 0.168. The first-order chi connectivity index (χ1) is 9.01. The third-order valence-electron chi connectivity index (χ3n) is 3.34. The van der Waals surface area contributed by atoms with Gasteiger partial charge in [0, 0.05) is 7.05 Å². The normalized spacial score (nSPS) is 12.7. The van der Waals surface area contributed by atoms with Gasteiger partial charge in [-0.3, -0.25) is 4.68 Å². The third kappa shape index (κ3) is 3.17. The molecule has 0 aliphatic rings. The summed E-state index contributed by atoms with van der Waals surface area (Å²) in [5.74, 6) is 0. The zero-order valence-electron chi connectivity index (χ0n) is 11.9. The minimum Gasteiger partial charge on any atom is -0.311 e. The second-order valence-corrected chi connectivity index (χ2v) is 5.45. The van der Waals surface area contributed by atoms with Crippen LogP contribution in [0.5, 0.6) is 0 Å². The molecule has 1 aromatic carbocycles. The molecule has 1 atom stereocenters. The van der Waals surface area contributed by atoms with Gasteiger partial charge in [-0.05, 0) is 32.9 Å². The number of aromatic nitrogens is 2. The van der Waals surface area contributed by atoms with Crippen LogP contribution in [0.2, 0.25) is 5.02 Å². The summed E-state index contributed by atoms with van der Waals surface area (Å²) < 4.78 is 1.84. The molecular formula is C15H20ClN3. The quantitative estimate of drug-likeness (QED) is 0.930. The summed E-state index contributed by atoms with van der Waals surface area (Å²) in [5, 5.41) is 8.25. The van der Waals surface area contributed by atoms with Crippen molar-refractivity contribution in [1.82, 2.24) is 15.1 Å². The first-order valence-electron chi connectivity index (χ1n) is 6.43. The Morgan fingerprint density at radius 3 is 2.37 bits per heavy atom. The van der Waals surface area contributed by atoms with E-state index < -0.39 is 0 Å². The van der Waals surface area contributed by atoms with Gasteiger partial charge in [-0.2, -0.15) is 5.10 Å². The Hall–Kier alpha value is -1.32. The Morgan fingerprint density at radius 2 is 1.89 bits per heavy atom. The van der Waals surface area contributed by atoms with Gasteiger partial charge >= 0.3 is 0 Å². The van der Waals surface area contributed by atoms with Crippen LogP contribution >= 0.6 is 11.6 Å². The van der Waals surface area contributed by atoms with Gasteiger partial charge in [0.2, 0.25) is 0 Å². The van der Waals surface area contributed by atoms with E-state index in [0.29, 0.717) is 5.02 Å². The van der Waals surface area contributed by atoms with Crippen molar-refractivity contribution in [2.24, 2.45) is 7.05 Å². The lowest BCUT2D eigenvalue weighted by atomic mass is 9.99. The molecule has 1 heterocycles. The highest BCUT2D eigenvalue weighted by molar-refractivity contribution is 6.31. The molecule has 0 saturated carbocycles. The molecule has 4 heteroatoms. The molecule has 0 saturated heterocycles. The van der Waals surface area contributed by atoms with Crippen LogP contribution in [0.3, 0.4) is 0 Å². The second-order valence-electron chi connectivity index (χ2n) is 5.04. The van der Waals surface area contributed by atoms with E-state index in [1.807, 2.05) is 18.8 Å². The number of hydrogen-bond acceptors (Lipinski definition) is 2. The number of rotatable bonds is 4. The van der Waals surface area contributed by atoms with E-state index >= 15 is 0 Å². The summed E-state index contributed by atoms with van der Waals surface area (Å²) in [6, 6.07) is 6.80. The lowest BCUT2D eigenvalue weighted by molar-refractivity contribution is 0.537. The molecule has 0 amide bonds. The number of aryl methyl sites for hydroxylation is 3. The molecule has 3 nitrogen and oxygen atoms in total. The lowest BCUT2D eigenvalue weighted by Gasteiger charge is -2.18. The van der Waals surface area contributed by atoms with Crippen LogP contribution in [-0.4, -0.2) is 16.8 Å². The fourth-order valence-corrected chi connectivity index (χ4v) is 2.87. The van der Waals surface area contributed by atoms with Crippen molar-refractivity contribution in [2.75, 3.05) is 7.05 Å². The molecule has 0 radical (unpaired) electrons. The fourth-order valence-electron chi connectivity index (χ4n) is 2.57. The van der Waals surface area contributed by atoms with E-state index in [2.05, 4.69) is 42.5 Å². The average molecular weight is 278 g/mol. The Bertz CT molecular complexity index is 535. The zero-order chi connectivity index (χ0) is 14.0. The van der Waals surface area contributed by atoms with Gasteiger partial charge in [0.25, 0.3) is 0 Å². The summed E-state index contributed by atoms with van der Waals surface area (Å²) >= 11 is 6.22. The van der Waals surface area contributed by atoms with Crippen molar-refractivity contribution < 1.29 is 0 Å². The Morgan fingerprint density at radius 1 is 1.26 bits per heavy atom. The van der Waals surface area contributed by atoms with Gasteiger partial charge in [-0.15, -0.1) is 0 Å². The second kappa shape index (κ2) is 5.76. The van der Waals surface area contributed by atoms with E-state index in [0.717, 1.165) is 12.1 Å². The number of benzene rings is 1. The average Bonchev–Trinajstić information content (AvgIpc) is 2.65. The highest BCUT2D eigenvalue weighted by Gasteiger charge is 2.18. The van der Waals surface area contributed by atoms with Gasteiger partial charge in [0.1, 0.15) is 0 Å². The predicted molar refractivity (Wildman–Crippen MR) is 79.6 cm³/mol. The SMILES string of the molecule is CNC(Cc1cc(C)cc(C)c1)c1c(Cl)cnn1C. The van der Waals surface area contributed by atoms with Crippen molar-refractivity contribution in [3.05, 3.63) is 51.8 Å². The van der Waals surface area contributed by atoms with E-state index in [1.165, 1.54) is 16.7 Å². The zero-order valence-corrected chi connectivity index (χ0v) is 12.6. The van der Waals surface area contributed by atoms with Crippen molar-refractivity contribution in [3.8, 4) is 0 Å². The molecule has 19 heavy (non-hydrogen) atoms. The van der Waals surface area contributed by atoms with Crippen LogP contribution in [0.4, 0.5) is 0 Å². The van der Waals surface area contributed by atoms with Gasteiger partial charge in [0.15, 0.2) is 0 Å². The highest BCUT2D eigenvalue weighted by Crippen LogP contribution is 2.25. The number of nitrogens with one attached hydrogen (secondary N) is 1. The highest BCUT2D eigenvalue weighted by atomic mass is 35.5. The topological polar surface area (TPSA) is 29.9 Å². The Labute approximate surface area is 119 Å². The third-order valence-corrected chi connectivity index (χ3v) is 3.63. The Kier molecular flexibility index (Phi) is 4.27. The molecule has 102 valence electrons. The largest absolute Gasteiger partial charge is 0.311 e. The summed E-state index contributed by atoms with van der Waals surface area (Å²) in [4.78, 5) is 0. The van der Waals surface area contributed by atoms with Gasteiger partial charge in [0.05, 0.1) is 23.0 Å². The van der Waals surface area contributed by atoms with Gasteiger partial charge in [-0.25, -0.2) is 0 Å². The van der Waals surface area contributed by atoms with E-state index in [9.17, 15) is 0 Å². The van der Waals surface area contributed by atoms with Gasteiger partial charge in [-0.1, -0.05) is 40.9 Å². The van der Waals surface area contributed by atoms with E-state index in [4.69, 9.17) is 11.6 Å². The van der Waals surface area contributed by atoms with Crippen molar-refractivity contribution in [2.45, 2.75) is 26.3 Å². The Balaban J connectivity index is 2.29. The van der Waals surface area contributed by atoms with Crippen LogP contribution in [0.25, 0.3) is 0 Å². The number of halogens is 1. The van der Waals surface area contributed by atoms with Crippen LogP contribution in [0.1, 0.15) is 28.4 Å². The summed E-state index contributed by atoms with van der Waals surface area (Å²) in [6.45, 7) is 4.25. The van der Waals surface area contributed by atoms with Crippen LogP contribution < -0.4 is 5.32 Å². The molecule has 1 N–H and O–H groups in total. The van der Waals surface area contributed by atoms with Crippen LogP contribution in [-0.2, 0) is 13.5 Å². The minimum absolute atomic E-state index is 0.168. The van der Waals surface area contributed by atoms with Crippen LogP contribution in [0, 0.1) is 13.8 Å². The number of hydrogen-bond donors (Lipinski definition) is 1. The van der Waals surface area contributed by atoms with Crippen molar-refractivity contribution in [1.29, 1.82) is 0 Å². The lowest BCUT2D eigenvalue weighted by Crippen LogP contribution is -2.22. The number of nitrogens with zero attached hydrogens (tertiary/aromatic N) is 2. The van der Waals surface area contributed by atoms with Crippen molar-refractivity contribution in [3.63, 3.8) is 0 Å². The smallest absolute Gasteiger partial charge is 0.0834 e. The predicted octanol–water partition coefficient (Wildman–Crippen LogP) is 3.19. The summed E-state index contributed by atoms with van der Waals surface area (Å²) in [5.41, 5.74) is 4.93. The maximum Gasteiger partial charge on any atom is 0.0834 e. The molecule has 0 aliphatic heterocycles. The standard InChI is InChI=1S/C15H20ClN3/c1-10-5-11(2)7-12(6-10)8-14(17-3)15-13(16)9-18-19(15)4/h5-7,9,14,17H,8H2,1-4H3. The summed E-state index contributed by atoms with van der Waals surface area (Å²) in [6.07, 6.45) is 2.60. The van der Waals surface area contributed by atoms with Gasteiger partial charge < -0.3 is 5.32 Å². The molecule has 2 aromatic rings. The fraction of sp³-hybridized carbons (Fsp3) is 0.400. The first kappa shape index (κ1) is 14.1. The molecular weight excluding hydrogens is 258 g/mol. The molecule has 0 fully saturated rings. The summed E-state index contributed by atoms with van der Waals surface area (Å²) in [7, 11) is 3.88. The molecule has 1 unspecified atom stereocenters. The number of likely N-dealkylation sites (N-methyl/N-ethyl adjacent to an activating group) is 1. The molecule has 2 rings (SSSR count). The maximum atomic E-state index is 6.22. The van der Waals surface area contributed by atoms with Crippen molar-refractivity contribution >= 4 is 11.6 Å². The molecule has 0 aliphatic carbocycles. The van der Waals surface area contributed by atoms with E-state index in [-0.39, 0.29) is 6.04 Å².